The van der Waals surface area contributed by atoms with Crippen LogP contribution in [0.4, 0.5) is 5.69 Å². The van der Waals surface area contributed by atoms with E-state index in [0.29, 0.717) is 26.4 Å². The van der Waals surface area contributed by atoms with E-state index in [9.17, 15) is 0 Å². The molecule has 0 unspecified atom stereocenters. The number of ether oxygens (including phenoxy) is 3. The average Bonchev–Trinajstić information content (AvgIpc) is 3.12. The molecule has 0 radical (unpaired) electrons. The zero-order chi connectivity index (χ0) is 20.1. The maximum absolute atomic E-state index is 5.79. The lowest BCUT2D eigenvalue weighted by atomic mass is 9.96. The highest BCUT2D eigenvalue weighted by Gasteiger charge is 2.28. The number of aromatic nitrogens is 3. The van der Waals surface area contributed by atoms with Gasteiger partial charge in [0.2, 0.25) is 0 Å². The molecule has 1 aromatic heterocycles. The van der Waals surface area contributed by atoms with Crippen molar-refractivity contribution in [1.82, 2.24) is 15.0 Å². The van der Waals surface area contributed by atoms with Crippen LogP contribution in [0.1, 0.15) is 19.4 Å². The van der Waals surface area contributed by atoms with Crippen LogP contribution in [0.15, 0.2) is 24.4 Å². The molecule has 1 aliphatic heterocycles. The minimum atomic E-state index is -0.297. The van der Waals surface area contributed by atoms with Crippen molar-refractivity contribution >= 4 is 5.69 Å². The fraction of sp³-hybridized carbons (Fsp3) is 0.524. The highest BCUT2D eigenvalue weighted by molar-refractivity contribution is 5.77. The van der Waals surface area contributed by atoms with Crippen LogP contribution in [-0.4, -0.2) is 62.3 Å². The molecule has 0 atom stereocenters. The maximum Gasteiger partial charge on any atom is 0.177 e. The summed E-state index contributed by atoms with van der Waals surface area (Å²) in [6.07, 6.45) is 1.62. The van der Waals surface area contributed by atoms with Crippen molar-refractivity contribution in [2.75, 3.05) is 45.9 Å². The Morgan fingerprint density at radius 2 is 2.04 bits per heavy atom. The highest BCUT2D eigenvalue weighted by Crippen LogP contribution is 2.29. The van der Waals surface area contributed by atoms with Crippen molar-refractivity contribution < 1.29 is 14.2 Å². The number of methoxy groups -OCH3 is 1. The van der Waals surface area contributed by atoms with E-state index in [-0.39, 0.29) is 11.7 Å². The first-order chi connectivity index (χ1) is 13.4. The molecule has 0 bridgehead atoms. The van der Waals surface area contributed by atoms with Crippen LogP contribution in [0.5, 0.6) is 0 Å². The van der Waals surface area contributed by atoms with Gasteiger partial charge < -0.3 is 19.1 Å². The topological polar surface area (TPSA) is 61.6 Å². The Labute approximate surface area is 166 Å². The monoisotopic (exact) mass is 384 g/mol. The standard InChI is InChI=1S/C21H28N4O3/c1-21(2)14-27-20(28-15-21)13-25-12-18(22-23-25)17-9-8-16(7-6-10-26-5)11-19(17)24(3)4/h8-9,11-12,20H,10,13-15H2,1-5H3. The minimum Gasteiger partial charge on any atom is -0.377 e. The van der Waals surface area contributed by atoms with E-state index in [1.165, 1.54) is 0 Å². The molecule has 0 spiro atoms. The van der Waals surface area contributed by atoms with Gasteiger partial charge in [-0.3, -0.25) is 0 Å². The summed E-state index contributed by atoms with van der Waals surface area (Å²) in [5.41, 5.74) is 3.82. The summed E-state index contributed by atoms with van der Waals surface area (Å²) in [4.78, 5) is 2.05. The molecule has 0 amide bonds. The van der Waals surface area contributed by atoms with E-state index < -0.39 is 0 Å². The summed E-state index contributed by atoms with van der Waals surface area (Å²) in [6, 6.07) is 6.06. The van der Waals surface area contributed by atoms with Crippen LogP contribution < -0.4 is 4.90 Å². The molecule has 28 heavy (non-hydrogen) atoms. The lowest BCUT2D eigenvalue weighted by molar-refractivity contribution is -0.227. The molecule has 7 heteroatoms. The lowest BCUT2D eigenvalue weighted by Gasteiger charge is -2.34. The third kappa shape index (κ3) is 5.10. The van der Waals surface area contributed by atoms with E-state index in [4.69, 9.17) is 14.2 Å². The zero-order valence-electron chi connectivity index (χ0n) is 17.2. The molecular weight excluding hydrogens is 356 g/mol. The second-order valence-electron chi connectivity index (χ2n) is 7.90. The Balaban J connectivity index is 1.76. The second-order valence-corrected chi connectivity index (χ2v) is 7.90. The molecule has 150 valence electrons. The third-order valence-corrected chi connectivity index (χ3v) is 4.40. The number of hydrogen-bond acceptors (Lipinski definition) is 6. The van der Waals surface area contributed by atoms with E-state index in [1.807, 2.05) is 43.4 Å². The number of hydrogen-bond donors (Lipinski definition) is 0. The molecule has 0 aliphatic carbocycles. The first-order valence-corrected chi connectivity index (χ1v) is 9.31. The van der Waals surface area contributed by atoms with Gasteiger partial charge in [-0.15, -0.1) is 5.10 Å². The Morgan fingerprint density at radius 1 is 1.29 bits per heavy atom. The van der Waals surface area contributed by atoms with Crippen LogP contribution >= 0.6 is 0 Å². The van der Waals surface area contributed by atoms with Gasteiger partial charge in [0.15, 0.2) is 6.29 Å². The summed E-state index contributed by atoms with van der Waals surface area (Å²) in [7, 11) is 5.64. The Bertz CT molecular complexity index is 854. The first kappa shape index (κ1) is 20.3. The number of nitrogens with zero attached hydrogens (tertiary/aromatic N) is 4. The van der Waals surface area contributed by atoms with Gasteiger partial charge in [0, 0.05) is 43.4 Å². The van der Waals surface area contributed by atoms with E-state index in [2.05, 4.69) is 36.0 Å². The molecule has 2 aromatic rings. The molecule has 0 N–H and O–H groups in total. The summed E-state index contributed by atoms with van der Waals surface area (Å²) >= 11 is 0. The number of rotatable bonds is 5. The maximum atomic E-state index is 5.79. The van der Waals surface area contributed by atoms with Crippen molar-refractivity contribution in [1.29, 1.82) is 0 Å². The van der Waals surface area contributed by atoms with E-state index >= 15 is 0 Å². The van der Waals surface area contributed by atoms with Gasteiger partial charge in [0.05, 0.1) is 26.0 Å². The van der Waals surface area contributed by atoms with Crippen LogP contribution in [0, 0.1) is 17.3 Å². The first-order valence-electron chi connectivity index (χ1n) is 9.31. The molecule has 2 heterocycles. The molecule has 0 saturated carbocycles. The van der Waals surface area contributed by atoms with Gasteiger partial charge in [-0.05, 0) is 18.2 Å². The fourth-order valence-electron chi connectivity index (χ4n) is 2.90. The summed E-state index contributed by atoms with van der Waals surface area (Å²) in [5.74, 6) is 6.09. The van der Waals surface area contributed by atoms with Crippen LogP contribution in [-0.2, 0) is 20.8 Å². The molecule has 1 saturated heterocycles. The summed E-state index contributed by atoms with van der Waals surface area (Å²) in [6.45, 7) is 6.54. The van der Waals surface area contributed by atoms with Gasteiger partial charge >= 0.3 is 0 Å². The lowest BCUT2D eigenvalue weighted by Crippen LogP contribution is -2.39. The van der Waals surface area contributed by atoms with Gasteiger partial charge in [-0.2, -0.15) is 0 Å². The molecule has 7 nitrogen and oxygen atoms in total. The molecule has 1 aliphatic rings. The SMILES string of the molecule is COCC#Cc1ccc(-c2cn(CC3OCC(C)(C)CO3)nn2)c(N(C)C)c1. The largest absolute Gasteiger partial charge is 0.377 e. The predicted molar refractivity (Wildman–Crippen MR) is 108 cm³/mol. The minimum absolute atomic E-state index is 0.0541. The van der Waals surface area contributed by atoms with Gasteiger partial charge in [0.25, 0.3) is 0 Å². The third-order valence-electron chi connectivity index (χ3n) is 4.40. The Morgan fingerprint density at radius 3 is 2.71 bits per heavy atom. The van der Waals surface area contributed by atoms with Crippen molar-refractivity contribution in [2.24, 2.45) is 5.41 Å². The van der Waals surface area contributed by atoms with E-state index in [0.717, 1.165) is 22.5 Å². The zero-order valence-corrected chi connectivity index (χ0v) is 17.2. The van der Waals surface area contributed by atoms with Crippen LogP contribution in [0.25, 0.3) is 11.3 Å². The average molecular weight is 384 g/mol. The van der Waals surface area contributed by atoms with Crippen LogP contribution in [0.3, 0.4) is 0 Å². The molecule has 3 rings (SSSR count). The van der Waals surface area contributed by atoms with Crippen molar-refractivity contribution in [2.45, 2.75) is 26.7 Å². The smallest absolute Gasteiger partial charge is 0.177 e. The number of benzene rings is 1. The quantitative estimate of drug-likeness (QED) is 0.738. The Hall–Kier alpha value is -2.40. The fourth-order valence-corrected chi connectivity index (χ4v) is 2.90. The van der Waals surface area contributed by atoms with Crippen molar-refractivity contribution in [3.8, 4) is 23.1 Å². The molecule has 1 aromatic carbocycles. The highest BCUT2D eigenvalue weighted by atomic mass is 16.7. The predicted octanol–water partition coefficient (Wildman–Crippen LogP) is 2.41. The molecule has 1 fully saturated rings. The van der Waals surface area contributed by atoms with E-state index in [1.54, 1.807) is 11.8 Å². The normalized spacial score (nSPS) is 16.5. The molecular formula is C21H28N4O3. The van der Waals surface area contributed by atoms with Gasteiger partial charge in [0.1, 0.15) is 12.3 Å². The van der Waals surface area contributed by atoms with Gasteiger partial charge in [-0.1, -0.05) is 30.9 Å². The summed E-state index contributed by atoms with van der Waals surface area (Å²) < 4.78 is 18.3. The number of anilines is 1. The van der Waals surface area contributed by atoms with Crippen molar-refractivity contribution in [3.63, 3.8) is 0 Å². The summed E-state index contributed by atoms with van der Waals surface area (Å²) in [5, 5.41) is 8.60. The second kappa shape index (κ2) is 8.74. The Kier molecular flexibility index (Phi) is 6.35. The van der Waals surface area contributed by atoms with Gasteiger partial charge in [-0.25, -0.2) is 4.68 Å². The van der Waals surface area contributed by atoms with Crippen molar-refractivity contribution in [3.05, 3.63) is 30.0 Å². The van der Waals surface area contributed by atoms with Crippen LogP contribution in [0.2, 0.25) is 0 Å².